The van der Waals surface area contributed by atoms with Crippen LogP contribution < -0.4 is 4.74 Å². The van der Waals surface area contributed by atoms with E-state index in [0.29, 0.717) is 36.1 Å². The van der Waals surface area contributed by atoms with Crippen LogP contribution in [0.4, 0.5) is 0 Å². The molecule has 1 aliphatic heterocycles. The van der Waals surface area contributed by atoms with Crippen LogP contribution in [0.5, 0.6) is 5.75 Å². The smallest absolute Gasteiger partial charge is 0.303 e. The van der Waals surface area contributed by atoms with Crippen molar-refractivity contribution in [2.24, 2.45) is 17.8 Å². The van der Waals surface area contributed by atoms with Crippen LogP contribution in [0.3, 0.4) is 0 Å². The number of carbonyl (C=O) groups excluding carboxylic acids is 1. The summed E-state index contributed by atoms with van der Waals surface area (Å²) in [6.07, 6.45) is 6.86. The minimum Gasteiger partial charge on any atom is -0.485 e. The summed E-state index contributed by atoms with van der Waals surface area (Å²) in [4.78, 5) is 22.9. The van der Waals surface area contributed by atoms with Gasteiger partial charge in [0.2, 0.25) is 0 Å². The van der Waals surface area contributed by atoms with Crippen LogP contribution in [0.15, 0.2) is 36.4 Å². The second-order valence-electron chi connectivity index (χ2n) is 8.22. The number of aliphatic carboxylic acids is 1. The van der Waals surface area contributed by atoms with E-state index in [4.69, 9.17) is 26.2 Å². The van der Waals surface area contributed by atoms with Crippen molar-refractivity contribution >= 4 is 23.4 Å². The molecule has 2 N–H and O–H groups in total. The Bertz CT molecular complexity index is 764. The van der Waals surface area contributed by atoms with Crippen molar-refractivity contribution in [3.8, 4) is 5.75 Å². The lowest BCUT2D eigenvalue weighted by Gasteiger charge is -2.20. The number of carbonyl (C=O) groups is 2. The first-order valence-corrected chi connectivity index (χ1v) is 10.9. The summed E-state index contributed by atoms with van der Waals surface area (Å²) >= 11 is 5.91. The van der Waals surface area contributed by atoms with E-state index in [-0.39, 0.29) is 36.8 Å². The summed E-state index contributed by atoms with van der Waals surface area (Å²) in [6.45, 7) is 0.520. The molecule has 1 heterocycles. The van der Waals surface area contributed by atoms with Gasteiger partial charge in [-0.05, 0) is 61.8 Å². The van der Waals surface area contributed by atoms with E-state index >= 15 is 0 Å². The summed E-state index contributed by atoms with van der Waals surface area (Å²) < 4.78 is 11.5. The van der Waals surface area contributed by atoms with Gasteiger partial charge < -0.3 is 19.7 Å². The number of carboxylic acids is 1. The number of hydrogen-bond acceptors (Lipinski definition) is 5. The molecule has 3 rings (SSSR count). The molecule has 1 aromatic rings. The average Bonchev–Trinajstić information content (AvgIpc) is 2.86. The van der Waals surface area contributed by atoms with Crippen molar-refractivity contribution in [3.05, 3.63) is 41.4 Å². The molecule has 1 saturated carbocycles. The molecule has 7 heteroatoms. The third-order valence-electron chi connectivity index (χ3n) is 6.03. The maximum Gasteiger partial charge on any atom is 0.303 e. The van der Waals surface area contributed by atoms with Gasteiger partial charge in [0.25, 0.3) is 0 Å². The third kappa shape index (κ3) is 6.56. The van der Waals surface area contributed by atoms with E-state index in [1.165, 1.54) is 6.08 Å². The number of fused-ring (bicyclic) bond motifs is 1. The standard InChI is InChI=1S/C23H29ClO6/c24-16-4-2-5-18(11-16)29-14-17(25)8-10-19-20-9-7-15(3-1-6-23(27)28)13-30-22(20)12-21(19)26/h2,4-5,8,10-11,15,19-22,26H,1,3,6-7,9,12-14H2,(H,27,28)/b10-8+/t15-,19+,20+,21+,22-/m0/s1. The van der Waals surface area contributed by atoms with Crippen LogP contribution in [-0.4, -0.2) is 47.4 Å². The first-order chi connectivity index (χ1) is 14.4. The summed E-state index contributed by atoms with van der Waals surface area (Å²) in [5.41, 5.74) is 0. The molecule has 0 amide bonds. The summed E-state index contributed by atoms with van der Waals surface area (Å²) in [5, 5.41) is 19.8. The second kappa shape index (κ2) is 10.9. The molecular weight excluding hydrogens is 408 g/mol. The van der Waals surface area contributed by atoms with Gasteiger partial charge in [-0.2, -0.15) is 0 Å². The molecule has 2 fully saturated rings. The van der Waals surface area contributed by atoms with Crippen LogP contribution >= 0.6 is 11.6 Å². The number of benzene rings is 1. The normalized spacial score (nSPS) is 28.8. The van der Waals surface area contributed by atoms with Gasteiger partial charge in [0.1, 0.15) is 5.75 Å². The highest BCUT2D eigenvalue weighted by Gasteiger charge is 2.43. The molecule has 0 aromatic heterocycles. The Hall–Kier alpha value is -1.89. The van der Waals surface area contributed by atoms with Crippen LogP contribution in [0.2, 0.25) is 5.02 Å². The van der Waals surface area contributed by atoms with Gasteiger partial charge in [0.05, 0.1) is 12.2 Å². The van der Waals surface area contributed by atoms with E-state index in [1.54, 1.807) is 30.3 Å². The summed E-state index contributed by atoms with van der Waals surface area (Å²) in [7, 11) is 0. The van der Waals surface area contributed by atoms with Gasteiger partial charge in [-0.1, -0.05) is 23.7 Å². The second-order valence-corrected chi connectivity index (χ2v) is 8.65. The number of halogens is 1. The number of aliphatic hydroxyl groups is 1. The van der Waals surface area contributed by atoms with Crippen LogP contribution in [0.25, 0.3) is 0 Å². The Kier molecular flexibility index (Phi) is 8.31. The Morgan fingerprint density at radius 3 is 2.90 bits per heavy atom. The van der Waals surface area contributed by atoms with Crippen molar-refractivity contribution in [2.45, 2.75) is 50.7 Å². The van der Waals surface area contributed by atoms with Gasteiger partial charge >= 0.3 is 5.97 Å². The molecule has 0 bridgehead atoms. The minimum atomic E-state index is -0.765. The van der Waals surface area contributed by atoms with Crippen molar-refractivity contribution in [3.63, 3.8) is 0 Å². The third-order valence-corrected chi connectivity index (χ3v) is 6.26. The summed E-state index contributed by atoms with van der Waals surface area (Å²) in [6, 6.07) is 6.89. The van der Waals surface area contributed by atoms with Crippen LogP contribution in [0, 0.1) is 17.8 Å². The maximum atomic E-state index is 12.2. The fourth-order valence-corrected chi connectivity index (χ4v) is 4.64. The van der Waals surface area contributed by atoms with Crippen molar-refractivity contribution in [1.82, 2.24) is 0 Å². The minimum absolute atomic E-state index is 0.0167. The topological polar surface area (TPSA) is 93.1 Å². The van der Waals surface area contributed by atoms with E-state index in [9.17, 15) is 14.7 Å². The molecule has 0 unspecified atom stereocenters. The summed E-state index contributed by atoms with van der Waals surface area (Å²) in [5.74, 6) is -0.00325. The van der Waals surface area contributed by atoms with Gasteiger partial charge in [0.15, 0.2) is 12.4 Å². The lowest BCUT2D eigenvalue weighted by Crippen LogP contribution is -2.21. The number of rotatable bonds is 9. The Balaban J connectivity index is 1.50. The van der Waals surface area contributed by atoms with Gasteiger partial charge in [-0.25, -0.2) is 0 Å². The fraction of sp³-hybridized carbons (Fsp3) is 0.565. The number of hydrogen-bond donors (Lipinski definition) is 2. The first kappa shape index (κ1) is 22.8. The SMILES string of the molecule is O=C(O)CCC[C@H]1CC[C@@H]2[C@@H](/C=C/C(=O)COc3cccc(Cl)c3)[C@H](O)C[C@@H]2OC1. The molecule has 5 atom stereocenters. The van der Waals surface area contributed by atoms with Crippen molar-refractivity contribution in [2.75, 3.05) is 13.2 Å². The Morgan fingerprint density at radius 1 is 1.30 bits per heavy atom. The molecule has 6 nitrogen and oxygen atoms in total. The Labute approximate surface area is 181 Å². The molecule has 2 aliphatic rings. The molecule has 30 heavy (non-hydrogen) atoms. The largest absolute Gasteiger partial charge is 0.485 e. The van der Waals surface area contributed by atoms with E-state index in [2.05, 4.69) is 0 Å². The zero-order valence-electron chi connectivity index (χ0n) is 16.9. The predicted molar refractivity (Wildman–Crippen MR) is 113 cm³/mol. The molecular formula is C23H29ClO6. The zero-order valence-corrected chi connectivity index (χ0v) is 17.7. The first-order valence-electron chi connectivity index (χ1n) is 10.5. The lowest BCUT2D eigenvalue weighted by atomic mass is 9.86. The quantitative estimate of drug-likeness (QED) is 0.570. The number of aliphatic hydroxyl groups excluding tert-OH is 1. The van der Waals surface area contributed by atoms with Crippen LogP contribution in [-0.2, 0) is 14.3 Å². The molecule has 164 valence electrons. The molecule has 1 aliphatic carbocycles. The van der Waals surface area contributed by atoms with Gasteiger partial charge in [-0.15, -0.1) is 0 Å². The van der Waals surface area contributed by atoms with Crippen molar-refractivity contribution < 1.29 is 29.3 Å². The van der Waals surface area contributed by atoms with Gasteiger partial charge in [0, 0.05) is 30.4 Å². The molecule has 1 saturated heterocycles. The number of carboxylic acid groups (broad SMARTS) is 1. The lowest BCUT2D eigenvalue weighted by molar-refractivity contribution is -0.137. The average molecular weight is 437 g/mol. The van der Waals surface area contributed by atoms with E-state index in [1.807, 2.05) is 0 Å². The van der Waals surface area contributed by atoms with Crippen LogP contribution in [0.1, 0.15) is 38.5 Å². The van der Waals surface area contributed by atoms with Crippen molar-refractivity contribution in [1.29, 1.82) is 0 Å². The monoisotopic (exact) mass is 436 g/mol. The zero-order chi connectivity index (χ0) is 21.5. The molecule has 0 spiro atoms. The van der Waals surface area contributed by atoms with E-state index in [0.717, 1.165) is 19.3 Å². The Morgan fingerprint density at radius 2 is 2.13 bits per heavy atom. The van der Waals surface area contributed by atoms with Gasteiger partial charge in [-0.3, -0.25) is 9.59 Å². The van der Waals surface area contributed by atoms with E-state index < -0.39 is 12.1 Å². The fourth-order valence-electron chi connectivity index (χ4n) is 4.46. The highest BCUT2D eigenvalue weighted by molar-refractivity contribution is 6.30. The predicted octanol–water partition coefficient (Wildman–Crippen LogP) is 3.89. The molecule has 0 radical (unpaired) electrons. The maximum absolute atomic E-state index is 12.2. The number of ketones is 1. The highest BCUT2D eigenvalue weighted by atomic mass is 35.5. The molecule has 1 aromatic carbocycles. The number of ether oxygens (including phenoxy) is 2. The highest BCUT2D eigenvalue weighted by Crippen LogP contribution is 2.41.